The van der Waals surface area contributed by atoms with Gasteiger partial charge in [0.2, 0.25) is 5.91 Å². The van der Waals surface area contributed by atoms with Crippen LogP contribution in [0.25, 0.3) is 11.3 Å². The molecule has 1 aromatic heterocycles. The lowest BCUT2D eigenvalue weighted by molar-refractivity contribution is -0.122. The lowest BCUT2D eigenvalue weighted by Crippen LogP contribution is -2.45. The SMILES string of the molecule is COc1cccc(CNC(=O)CN2CCn3nc(-c4ccc(Cl)cc4)cc3C2=O)c1. The molecule has 4 rings (SSSR count). The maximum Gasteiger partial charge on any atom is 0.272 e. The van der Waals surface area contributed by atoms with Crippen LogP contribution in [-0.4, -0.2) is 46.7 Å². The first-order valence-electron chi connectivity index (χ1n) is 9.56. The monoisotopic (exact) mass is 424 g/mol. The van der Waals surface area contributed by atoms with Gasteiger partial charge in [0.1, 0.15) is 11.4 Å². The van der Waals surface area contributed by atoms with Crippen LogP contribution in [0.4, 0.5) is 0 Å². The van der Waals surface area contributed by atoms with Gasteiger partial charge in [-0.25, -0.2) is 0 Å². The molecule has 2 amide bonds. The van der Waals surface area contributed by atoms with E-state index in [2.05, 4.69) is 10.4 Å². The largest absolute Gasteiger partial charge is 0.497 e. The summed E-state index contributed by atoms with van der Waals surface area (Å²) in [5.74, 6) is 0.320. The highest BCUT2D eigenvalue weighted by Gasteiger charge is 2.28. The number of hydrogen-bond acceptors (Lipinski definition) is 4. The van der Waals surface area contributed by atoms with Gasteiger partial charge in [-0.15, -0.1) is 0 Å². The smallest absolute Gasteiger partial charge is 0.272 e. The standard InChI is InChI=1S/C22H21ClN4O3/c1-30-18-4-2-3-15(11-18)13-24-21(28)14-26-9-10-27-20(22(26)29)12-19(25-27)16-5-7-17(23)8-6-16/h2-8,11-12H,9-10,13-14H2,1H3,(H,24,28). The second-order valence-electron chi connectivity index (χ2n) is 7.00. The second kappa shape index (κ2) is 8.59. The highest BCUT2D eigenvalue weighted by molar-refractivity contribution is 6.30. The van der Waals surface area contributed by atoms with Crippen LogP contribution >= 0.6 is 11.6 Å². The van der Waals surface area contributed by atoms with Gasteiger partial charge in [-0.3, -0.25) is 14.3 Å². The van der Waals surface area contributed by atoms with E-state index in [1.165, 1.54) is 0 Å². The van der Waals surface area contributed by atoms with Crippen molar-refractivity contribution in [3.05, 3.63) is 70.9 Å². The molecule has 154 valence electrons. The van der Waals surface area contributed by atoms with Crippen LogP contribution in [0, 0.1) is 0 Å². The van der Waals surface area contributed by atoms with Gasteiger partial charge >= 0.3 is 0 Å². The van der Waals surface area contributed by atoms with Gasteiger partial charge in [-0.05, 0) is 35.9 Å². The van der Waals surface area contributed by atoms with Crippen molar-refractivity contribution in [3.8, 4) is 17.0 Å². The number of halogens is 1. The van der Waals surface area contributed by atoms with E-state index in [0.717, 1.165) is 16.9 Å². The van der Waals surface area contributed by atoms with Crippen LogP contribution < -0.4 is 10.1 Å². The summed E-state index contributed by atoms with van der Waals surface area (Å²) in [4.78, 5) is 26.8. The molecule has 7 nitrogen and oxygen atoms in total. The average Bonchev–Trinajstić information content (AvgIpc) is 3.20. The number of rotatable bonds is 6. The van der Waals surface area contributed by atoms with Crippen LogP contribution in [0.3, 0.4) is 0 Å². The van der Waals surface area contributed by atoms with Crippen molar-refractivity contribution < 1.29 is 14.3 Å². The van der Waals surface area contributed by atoms with Crippen LogP contribution in [-0.2, 0) is 17.9 Å². The fraction of sp³-hybridized carbons (Fsp3) is 0.227. The first kappa shape index (κ1) is 20.0. The van der Waals surface area contributed by atoms with E-state index < -0.39 is 0 Å². The molecule has 0 atom stereocenters. The average molecular weight is 425 g/mol. The van der Waals surface area contributed by atoms with E-state index in [9.17, 15) is 9.59 Å². The Labute approximate surface area is 179 Å². The summed E-state index contributed by atoms with van der Waals surface area (Å²) in [6, 6.07) is 16.6. The molecule has 3 aromatic rings. The Morgan fingerprint density at radius 3 is 2.73 bits per heavy atom. The molecule has 30 heavy (non-hydrogen) atoms. The van der Waals surface area contributed by atoms with Crippen LogP contribution in [0.15, 0.2) is 54.6 Å². The number of aromatic nitrogens is 2. The normalized spacial score (nSPS) is 13.1. The van der Waals surface area contributed by atoms with Gasteiger partial charge in [0, 0.05) is 23.7 Å². The minimum absolute atomic E-state index is 0.00423. The quantitative estimate of drug-likeness (QED) is 0.660. The third-order valence-electron chi connectivity index (χ3n) is 4.97. The molecule has 8 heteroatoms. The number of fused-ring (bicyclic) bond motifs is 1. The molecule has 2 heterocycles. The summed E-state index contributed by atoms with van der Waals surface area (Å²) in [5, 5.41) is 8.02. The predicted octanol–water partition coefficient (Wildman–Crippen LogP) is 2.98. The Hall–Kier alpha value is -3.32. The van der Waals surface area contributed by atoms with E-state index in [4.69, 9.17) is 16.3 Å². The minimum atomic E-state index is -0.211. The maximum atomic E-state index is 12.9. The number of hydrogen-bond donors (Lipinski definition) is 1. The predicted molar refractivity (Wildman–Crippen MR) is 113 cm³/mol. The summed E-state index contributed by atoms with van der Waals surface area (Å²) < 4.78 is 6.88. The Kier molecular flexibility index (Phi) is 5.72. The van der Waals surface area contributed by atoms with E-state index in [1.807, 2.05) is 36.4 Å². The van der Waals surface area contributed by atoms with Gasteiger partial charge in [0.25, 0.3) is 5.91 Å². The minimum Gasteiger partial charge on any atom is -0.497 e. The van der Waals surface area contributed by atoms with Crippen molar-refractivity contribution >= 4 is 23.4 Å². The highest BCUT2D eigenvalue weighted by atomic mass is 35.5. The summed E-state index contributed by atoms with van der Waals surface area (Å²) in [6.45, 7) is 1.35. The first-order valence-corrected chi connectivity index (χ1v) is 9.94. The van der Waals surface area contributed by atoms with E-state index in [1.54, 1.807) is 34.9 Å². The van der Waals surface area contributed by atoms with E-state index in [-0.39, 0.29) is 18.4 Å². The zero-order chi connectivity index (χ0) is 21.1. The summed E-state index contributed by atoms with van der Waals surface area (Å²) in [5.41, 5.74) is 3.00. The van der Waals surface area contributed by atoms with Gasteiger partial charge in [0.05, 0.1) is 25.9 Å². The van der Waals surface area contributed by atoms with Gasteiger partial charge in [-0.2, -0.15) is 5.10 Å². The lowest BCUT2D eigenvalue weighted by atomic mass is 10.1. The van der Waals surface area contributed by atoms with E-state index >= 15 is 0 Å². The second-order valence-corrected chi connectivity index (χ2v) is 7.44. The lowest BCUT2D eigenvalue weighted by Gasteiger charge is -2.26. The molecular weight excluding hydrogens is 404 g/mol. The summed E-state index contributed by atoms with van der Waals surface area (Å²) >= 11 is 5.94. The molecule has 0 fully saturated rings. The van der Waals surface area contributed by atoms with E-state index in [0.29, 0.717) is 36.0 Å². The third-order valence-corrected chi connectivity index (χ3v) is 5.22. The van der Waals surface area contributed by atoms with Crippen molar-refractivity contribution in [1.82, 2.24) is 20.0 Å². The molecule has 0 spiro atoms. The van der Waals surface area contributed by atoms with Gasteiger partial charge in [0.15, 0.2) is 0 Å². The molecule has 1 aliphatic rings. The number of benzene rings is 2. The Bertz CT molecular complexity index is 1080. The molecule has 0 saturated carbocycles. The van der Waals surface area contributed by atoms with Gasteiger partial charge in [-0.1, -0.05) is 35.9 Å². The number of methoxy groups -OCH3 is 1. The third kappa shape index (κ3) is 4.31. The van der Waals surface area contributed by atoms with Gasteiger partial charge < -0.3 is 15.0 Å². The zero-order valence-electron chi connectivity index (χ0n) is 16.5. The number of amides is 2. The number of ether oxygens (including phenoxy) is 1. The molecule has 0 bridgehead atoms. The summed E-state index contributed by atoms with van der Waals surface area (Å²) in [7, 11) is 1.60. The van der Waals surface area contributed by atoms with Crippen LogP contribution in [0.5, 0.6) is 5.75 Å². The fourth-order valence-electron chi connectivity index (χ4n) is 3.36. The topological polar surface area (TPSA) is 76.5 Å². The zero-order valence-corrected chi connectivity index (χ0v) is 17.2. The molecule has 1 aliphatic heterocycles. The van der Waals surface area contributed by atoms with Crippen LogP contribution in [0.1, 0.15) is 16.1 Å². The Balaban J connectivity index is 1.39. The molecule has 2 aromatic carbocycles. The molecule has 1 N–H and O–H groups in total. The molecule has 0 radical (unpaired) electrons. The molecule has 0 unspecified atom stereocenters. The molecular formula is C22H21ClN4O3. The molecule has 0 saturated heterocycles. The highest BCUT2D eigenvalue weighted by Crippen LogP contribution is 2.23. The molecule has 0 aliphatic carbocycles. The van der Waals surface area contributed by atoms with Crippen molar-refractivity contribution in [1.29, 1.82) is 0 Å². The van der Waals surface area contributed by atoms with Crippen molar-refractivity contribution in [3.63, 3.8) is 0 Å². The van der Waals surface area contributed by atoms with Crippen molar-refractivity contribution in [2.75, 3.05) is 20.2 Å². The number of carbonyl (C=O) groups is 2. The Morgan fingerprint density at radius 2 is 1.97 bits per heavy atom. The number of nitrogens with one attached hydrogen (secondary N) is 1. The summed E-state index contributed by atoms with van der Waals surface area (Å²) in [6.07, 6.45) is 0. The first-order chi connectivity index (χ1) is 14.5. The Morgan fingerprint density at radius 1 is 1.17 bits per heavy atom. The number of carbonyl (C=O) groups excluding carboxylic acids is 2. The van der Waals surface area contributed by atoms with Crippen LogP contribution in [0.2, 0.25) is 5.02 Å². The van der Waals surface area contributed by atoms with Crippen molar-refractivity contribution in [2.45, 2.75) is 13.1 Å². The maximum absolute atomic E-state index is 12.9. The number of nitrogens with zero attached hydrogens (tertiary/aromatic N) is 3. The fourth-order valence-corrected chi connectivity index (χ4v) is 3.49. The van der Waals surface area contributed by atoms with Crippen molar-refractivity contribution in [2.24, 2.45) is 0 Å².